The fraction of sp³-hybridized carbons (Fsp3) is 0.692. The Morgan fingerprint density at radius 1 is 1.28 bits per heavy atom. The summed E-state index contributed by atoms with van der Waals surface area (Å²) in [5, 5.41) is 6.68. The molecule has 1 unspecified atom stereocenters. The fourth-order valence-corrected chi connectivity index (χ4v) is 2.31. The van der Waals surface area contributed by atoms with Crippen molar-refractivity contribution in [2.24, 2.45) is 5.92 Å². The van der Waals surface area contributed by atoms with E-state index in [-0.39, 0.29) is 0 Å². The molecule has 0 aliphatic heterocycles. The van der Waals surface area contributed by atoms with Crippen molar-refractivity contribution in [2.45, 2.75) is 27.2 Å². The van der Waals surface area contributed by atoms with Crippen LogP contribution in [0.5, 0.6) is 0 Å². The average molecular weight is 268 g/mol. The lowest BCUT2D eigenvalue weighted by Gasteiger charge is -2.13. The van der Waals surface area contributed by atoms with Gasteiger partial charge in [-0.25, -0.2) is 9.97 Å². The molecule has 0 aliphatic rings. The molecule has 4 nitrogen and oxygen atoms in total. The Balaban J connectivity index is 2.56. The van der Waals surface area contributed by atoms with E-state index in [0.717, 1.165) is 42.7 Å². The number of nitrogens with one attached hydrogen (secondary N) is 2. The predicted molar refractivity (Wildman–Crippen MR) is 81.6 cm³/mol. The molecule has 0 amide bonds. The zero-order valence-electron chi connectivity index (χ0n) is 11.8. The third-order valence-corrected chi connectivity index (χ3v) is 3.38. The molecule has 102 valence electrons. The summed E-state index contributed by atoms with van der Waals surface area (Å²) >= 11 is 1.88. The maximum Gasteiger partial charge on any atom is 0.131 e. The first-order valence-electron chi connectivity index (χ1n) is 6.48. The van der Waals surface area contributed by atoms with Crippen molar-refractivity contribution in [2.75, 3.05) is 35.7 Å². The smallest absolute Gasteiger partial charge is 0.131 e. The maximum atomic E-state index is 4.40. The second kappa shape index (κ2) is 8.19. The molecular weight excluding hydrogens is 244 g/mol. The minimum Gasteiger partial charge on any atom is -0.370 e. The zero-order valence-corrected chi connectivity index (χ0v) is 12.6. The minimum absolute atomic E-state index is 0.641. The number of anilines is 2. The van der Waals surface area contributed by atoms with Crippen LogP contribution in [-0.2, 0) is 0 Å². The van der Waals surface area contributed by atoms with E-state index in [2.05, 4.69) is 40.7 Å². The van der Waals surface area contributed by atoms with Crippen molar-refractivity contribution in [3.63, 3.8) is 0 Å². The lowest BCUT2D eigenvalue weighted by atomic mass is 10.2. The minimum atomic E-state index is 0.641. The van der Waals surface area contributed by atoms with E-state index in [1.54, 1.807) is 0 Å². The first kappa shape index (κ1) is 15.1. The van der Waals surface area contributed by atoms with Gasteiger partial charge in [-0.3, -0.25) is 0 Å². The monoisotopic (exact) mass is 268 g/mol. The highest BCUT2D eigenvalue weighted by atomic mass is 32.2. The first-order chi connectivity index (χ1) is 8.65. The maximum absolute atomic E-state index is 4.40. The highest BCUT2D eigenvalue weighted by Crippen LogP contribution is 2.12. The number of rotatable bonds is 8. The van der Waals surface area contributed by atoms with Crippen molar-refractivity contribution in [1.29, 1.82) is 0 Å². The van der Waals surface area contributed by atoms with Crippen LogP contribution in [0.15, 0.2) is 6.07 Å². The van der Waals surface area contributed by atoms with E-state index in [4.69, 9.17) is 0 Å². The Kier molecular flexibility index (Phi) is 6.86. The van der Waals surface area contributed by atoms with Gasteiger partial charge in [-0.05, 0) is 31.3 Å². The van der Waals surface area contributed by atoms with Crippen LogP contribution in [-0.4, -0.2) is 35.1 Å². The normalized spacial score (nSPS) is 12.2. The predicted octanol–water partition coefficient (Wildman–Crippen LogP) is 3.02. The van der Waals surface area contributed by atoms with Crippen LogP contribution in [0.3, 0.4) is 0 Å². The Hall–Kier alpha value is -0.970. The van der Waals surface area contributed by atoms with E-state index in [1.165, 1.54) is 0 Å². The molecule has 1 heterocycles. The summed E-state index contributed by atoms with van der Waals surface area (Å²) < 4.78 is 0. The lowest BCUT2D eigenvalue weighted by Crippen LogP contribution is -2.15. The summed E-state index contributed by atoms with van der Waals surface area (Å²) in [6.07, 6.45) is 3.23. The van der Waals surface area contributed by atoms with E-state index in [0.29, 0.717) is 5.92 Å². The largest absolute Gasteiger partial charge is 0.370 e. The van der Waals surface area contributed by atoms with Gasteiger partial charge < -0.3 is 10.6 Å². The van der Waals surface area contributed by atoms with Gasteiger partial charge >= 0.3 is 0 Å². The number of hydrogen-bond donors (Lipinski definition) is 2. The Labute approximate surface area is 114 Å². The van der Waals surface area contributed by atoms with Crippen molar-refractivity contribution < 1.29 is 0 Å². The average Bonchev–Trinajstić information content (AvgIpc) is 2.34. The van der Waals surface area contributed by atoms with Crippen molar-refractivity contribution in [3.05, 3.63) is 11.9 Å². The fourth-order valence-electron chi connectivity index (χ4n) is 1.62. The molecule has 0 bridgehead atoms. The van der Waals surface area contributed by atoms with Crippen LogP contribution in [0, 0.1) is 12.8 Å². The highest BCUT2D eigenvalue weighted by Gasteiger charge is 2.04. The summed E-state index contributed by atoms with van der Waals surface area (Å²) in [5.74, 6) is 4.43. The molecule has 18 heavy (non-hydrogen) atoms. The van der Waals surface area contributed by atoms with Gasteiger partial charge in [-0.15, -0.1) is 0 Å². The Bertz CT molecular complexity index is 357. The van der Waals surface area contributed by atoms with Crippen LogP contribution in [0.25, 0.3) is 0 Å². The number of aromatic nitrogens is 2. The van der Waals surface area contributed by atoms with Crippen molar-refractivity contribution in [3.8, 4) is 0 Å². The quantitative estimate of drug-likeness (QED) is 0.759. The molecule has 0 fully saturated rings. The SMILES string of the molecule is CCCNc1cc(NCC(C)CSC)nc(C)n1. The van der Waals surface area contributed by atoms with Crippen LogP contribution >= 0.6 is 11.8 Å². The van der Waals surface area contributed by atoms with Crippen molar-refractivity contribution in [1.82, 2.24) is 9.97 Å². The molecule has 0 saturated carbocycles. The molecule has 0 aliphatic carbocycles. The van der Waals surface area contributed by atoms with E-state index in [9.17, 15) is 0 Å². The molecular formula is C13H24N4S. The third kappa shape index (κ3) is 5.58. The van der Waals surface area contributed by atoms with Crippen LogP contribution in [0.2, 0.25) is 0 Å². The van der Waals surface area contributed by atoms with Gasteiger partial charge in [0.2, 0.25) is 0 Å². The van der Waals surface area contributed by atoms with Crippen molar-refractivity contribution >= 4 is 23.4 Å². The number of aryl methyl sites for hydroxylation is 1. The van der Waals surface area contributed by atoms with Gasteiger partial charge in [0.25, 0.3) is 0 Å². The van der Waals surface area contributed by atoms with Gasteiger partial charge in [-0.2, -0.15) is 11.8 Å². The molecule has 1 aromatic heterocycles. The molecule has 0 radical (unpaired) electrons. The van der Waals surface area contributed by atoms with Crippen LogP contribution in [0.1, 0.15) is 26.1 Å². The molecule has 1 atom stereocenters. The molecule has 5 heteroatoms. The summed E-state index contributed by atoms with van der Waals surface area (Å²) in [7, 11) is 0. The first-order valence-corrected chi connectivity index (χ1v) is 7.87. The second-order valence-electron chi connectivity index (χ2n) is 4.55. The number of nitrogens with zero attached hydrogens (tertiary/aromatic N) is 2. The summed E-state index contributed by atoms with van der Waals surface area (Å²) in [6, 6.07) is 1.98. The molecule has 0 spiro atoms. The Morgan fingerprint density at radius 3 is 2.56 bits per heavy atom. The van der Waals surface area contributed by atoms with E-state index < -0.39 is 0 Å². The number of thioether (sulfide) groups is 1. The number of hydrogen-bond acceptors (Lipinski definition) is 5. The molecule has 0 saturated heterocycles. The van der Waals surface area contributed by atoms with Gasteiger partial charge in [-0.1, -0.05) is 13.8 Å². The molecule has 1 rings (SSSR count). The van der Waals surface area contributed by atoms with E-state index in [1.807, 2.05) is 24.8 Å². The summed E-state index contributed by atoms with van der Waals surface area (Å²) in [5.41, 5.74) is 0. The van der Waals surface area contributed by atoms with Crippen LogP contribution < -0.4 is 10.6 Å². The van der Waals surface area contributed by atoms with Crippen LogP contribution in [0.4, 0.5) is 11.6 Å². The van der Waals surface area contributed by atoms with Gasteiger partial charge in [0, 0.05) is 19.2 Å². The summed E-state index contributed by atoms with van der Waals surface area (Å²) in [4.78, 5) is 8.77. The lowest BCUT2D eigenvalue weighted by molar-refractivity contribution is 0.699. The Morgan fingerprint density at radius 2 is 1.94 bits per heavy atom. The highest BCUT2D eigenvalue weighted by molar-refractivity contribution is 7.98. The van der Waals surface area contributed by atoms with Gasteiger partial charge in [0.05, 0.1) is 0 Å². The molecule has 0 aromatic carbocycles. The van der Waals surface area contributed by atoms with Gasteiger partial charge in [0.1, 0.15) is 17.5 Å². The third-order valence-electron chi connectivity index (χ3n) is 2.48. The topological polar surface area (TPSA) is 49.8 Å². The van der Waals surface area contributed by atoms with Gasteiger partial charge in [0.15, 0.2) is 0 Å². The standard InChI is InChI=1S/C13H24N4S/c1-5-6-14-12-7-13(17-11(3)16-12)15-8-10(2)9-18-4/h7,10H,5-6,8-9H2,1-4H3,(H2,14,15,16,17). The zero-order chi connectivity index (χ0) is 13.4. The van der Waals surface area contributed by atoms with E-state index >= 15 is 0 Å². The molecule has 2 N–H and O–H groups in total. The second-order valence-corrected chi connectivity index (χ2v) is 5.46. The molecule has 1 aromatic rings. The summed E-state index contributed by atoms with van der Waals surface area (Å²) in [6.45, 7) is 8.20.